The minimum atomic E-state index is -0.323. The van der Waals surface area contributed by atoms with Gasteiger partial charge in [0.15, 0.2) is 0 Å². The maximum absolute atomic E-state index is 11.0. The first-order chi connectivity index (χ1) is 6.63. The van der Waals surface area contributed by atoms with Gasteiger partial charge < -0.3 is 4.74 Å². The molecule has 0 unspecified atom stereocenters. The summed E-state index contributed by atoms with van der Waals surface area (Å²) >= 11 is 0. The molecule has 0 amide bonds. The molecule has 0 bridgehead atoms. The molecule has 0 atom stereocenters. The largest absolute Gasteiger partial charge is 0.463 e. The molecular weight excluding hydrogens is 180 g/mol. The van der Waals surface area contributed by atoms with Crippen LogP contribution >= 0.6 is 0 Å². The lowest BCUT2D eigenvalue weighted by Crippen LogP contribution is -1.98. The molecule has 4 nitrogen and oxygen atoms in total. The van der Waals surface area contributed by atoms with Crippen molar-refractivity contribution in [1.82, 2.24) is 9.78 Å². The van der Waals surface area contributed by atoms with Crippen molar-refractivity contribution in [3.8, 4) is 0 Å². The van der Waals surface area contributed by atoms with Gasteiger partial charge in [-0.2, -0.15) is 5.10 Å². The summed E-state index contributed by atoms with van der Waals surface area (Å²) in [6, 6.07) is 0. The number of nitrogens with zero attached hydrogens (tertiary/aromatic N) is 2. The molecule has 0 N–H and O–H groups in total. The standard InChI is InChI=1S/C10H14N2O2/c1-4-14-10(13)6-5-9-7-12(3)11-8(9)2/h5-7H,4H2,1-3H3. The summed E-state index contributed by atoms with van der Waals surface area (Å²) in [4.78, 5) is 11.0. The van der Waals surface area contributed by atoms with Crippen LogP contribution in [0.3, 0.4) is 0 Å². The lowest BCUT2D eigenvalue weighted by atomic mass is 10.2. The van der Waals surface area contributed by atoms with Crippen molar-refractivity contribution in [2.45, 2.75) is 13.8 Å². The zero-order valence-corrected chi connectivity index (χ0v) is 8.65. The van der Waals surface area contributed by atoms with Crippen molar-refractivity contribution in [3.63, 3.8) is 0 Å². The Morgan fingerprint density at radius 3 is 2.93 bits per heavy atom. The maximum Gasteiger partial charge on any atom is 0.330 e. The van der Waals surface area contributed by atoms with Gasteiger partial charge in [0.25, 0.3) is 0 Å². The number of ether oxygens (including phenoxy) is 1. The van der Waals surface area contributed by atoms with E-state index in [4.69, 9.17) is 4.74 Å². The van der Waals surface area contributed by atoms with Crippen molar-refractivity contribution in [2.75, 3.05) is 6.61 Å². The molecule has 1 aromatic heterocycles. The number of carbonyl (C=O) groups excluding carboxylic acids is 1. The second kappa shape index (κ2) is 4.60. The highest BCUT2D eigenvalue weighted by Crippen LogP contribution is 2.06. The summed E-state index contributed by atoms with van der Waals surface area (Å²) in [7, 11) is 1.84. The fraction of sp³-hybridized carbons (Fsp3) is 0.400. The number of aryl methyl sites for hydroxylation is 2. The van der Waals surface area contributed by atoms with Crippen LogP contribution in [0.4, 0.5) is 0 Å². The molecule has 0 aromatic carbocycles. The zero-order valence-electron chi connectivity index (χ0n) is 8.65. The third-order valence-corrected chi connectivity index (χ3v) is 1.74. The predicted molar refractivity (Wildman–Crippen MR) is 53.6 cm³/mol. The molecule has 0 spiro atoms. The van der Waals surface area contributed by atoms with E-state index in [-0.39, 0.29) is 5.97 Å². The molecule has 0 saturated heterocycles. The summed E-state index contributed by atoms with van der Waals surface area (Å²) in [6.45, 7) is 4.07. The van der Waals surface area contributed by atoms with Crippen LogP contribution in [-0.2, 0) is 16.6 Å². The molecule has 1 aromatic rings. The molecule has 0 aliphatic heterocycles. The number of rotatable bonds is 3. The van der Waals surface area contributed by atoms with Gasteiger partial charge in [0.1, 0.15) is 0 Å². The Hall–Kier alpha value is -1.58. The van der Waals surface area contributed by atoms with E-state index in [0.717, 1.165) is 11.3 Å². The number of hydrogen-bond donors (Lipinski definition) is 0. The normalized spacial score (nSPS) is 10.8. The van der Waals surface area contributed by atoms with E-state index in [1.165, 1.54) is 6.08 Å². The van der Waals surface area contributed by atoms with Gasteiger partial charge in [-0.15, -0.1) is 0 Å². The van der Waals surface area contributed by atoms with Gasteiger partial charge in [0.05, 0.1) is 12.3 Å². The quantitative estimate of drug-likeness (QED) is 0.538. The highest BCUT2D eigenvalue weighted by atomic mass is 16.5. The van der Waals surface area contributed by atoms with E-state index >= 15 is 0 Å². The fourth-order valence-electron chi connectivity index (χ4n) is 1.13. The first kappa shape index (κ1) is 10.5. The first-order valence-electron chi connectivity index (χ1n) is 4.48. The molecule has 1 heterocycles. The van der Waals surface area contributed by atoms with Crippen molar-refractivity contribution in [2.24, 2.45) is 7.05 Å². The molecular formula is C10H14N2O2. The van der Waals surface area contributed by atoms with Gasteiger partial charge in [-0.3, -0.25) is 4.68 Å². The van der Waals surface area contributed by atoms with Gasteiger partial charge in [0.2, 0.25) is 0 Å². The van der Waals surface area contributed by atoms with Gasteiger partial charge in [-0.05, 0) is 19.9 Å². The summed E-state index contributed by atoms with van der Waals surface area (Å²) in [5, 5.41) is 4.15. The fourth-order valence-corrected chi connectivity index (χ4v) is 1.13. The Morgan fingerprint density at radius 2 is 2.43 bits per heavy atom. The van der Waals surface area contributed by atoms with Crippen molar-refractivity contribution in [1.29, 1.82) is 0 Å². The van der Waals surface area contributed by atoms with E-state index < -0.39 is 0 Å². The number of aromatic nitrogens is 2. The van der Waals surface area contributed by atoms with Crippen LogP contribution in [-0.4, -0.2) is 22.4 Å². The second-order valence-corrected chi connectivity index (χ2v) is 2.93. The van der Waals surface area contributed by atoms with Gasteiger partial charge in [-0.25, -0.2) is 4.79 Å². The van der Waals surface area contributed by atoms with Crippen molar-refractivity contribution < 1.29 is 9.53 Å². The lowest BCUT2D eigenvalue weighted by molar-refractivity contribution is -0.137. The Morgan fingerprint density at radius 1 is 1.71 bits per heavy atom. The van der Waals surface area contributed by atoms with Gasteiger partial charge in [0, 0.05) is 24.9 Å². The van der Waals surface area contributed by atoms with E-state index in [1.54, 1.807) is 17.7 Å². The molecule has 76 valence electrons. The van der Waals surface area contributed by atoms with Crippen molar-refractivity contribution >= 4 is 12.0 Å². The monoisotopic (exact) mass is 194 g/mol. The minimum Gasteiger partial charge on any atom is -0.463 e. The molecule has 14 heavy (non-hydrogen) atoms. The van der Waals surface area contributed by atoms with Crippen LogP contribution in [0.25, 0.3) is 6.08 Å². The SMILES string of the molecule is CCOC(=O)C=Cc1cn(C)nc1C. The van der Waals surface area contributed by atoms with E-state index in [2.05, 4.69) is 5.10 Å². The van der Waals surface area contributed by atoms with Crippen molar-refractivity contribution in [3.05, 3.63) is 23.5 Å². The first-order valence-corrected chi connectivity index (χ1v) is 4.48. The molecule has 0 saturated carbocycles. The van der Waals surface area contributed by atoms with Crippen LogP contribution in [0.5, 0.6) is 0 Å². The van der Waals surface area contributed by atoms with Gasteiger partial charge >= 0.3 is 5.97 Å². The van der Waals surface area contributed by atoms with Crippen LogP contribution in [0.2, 0.25) is 0 Å². The third kappa shape index (κ3) is 2.73. The van der Waals surface area contributed by atoms with Gasteiger partial charge in [-0.1, -0.05) is 0 Å². The molecule has 4 heteroatoms. The Balaban J connectivity index is 2.68. The van der Waals surface area contributed by atoms with Crippen LogP contribution in [0, 0.1) is 6.92 Å². The predicted octanol–water partition coefficient (Wildman–Crippen LogP) is 1.30. The maximum atomic E-state index is 11.0. The van der Waals surface area contributed by atoms with Crippen LogP contribution in [0.1, 0.15) is 18.2 Å². The van der Waals surface area contributed by atoms with E-state index in [1.807, 2.05) is 20.2 Å². The highest BCUT2D eigenvalue weighted by Gasteiger charge is 1.99. The van der Waals surface area contributed by atoms with E-state index in [0.29, 0.717) is 6.61 Å². The second-order valence-electron chi connectivity index (χ2n) is 2.93. The molecule has 0 radical (unpaired) electrons. The Kier molecular flexibility index (Phi) is 3.45. The average Bonchev–Trinajstić information content (AvgIpc) is 2.42. The highest BCUT2D eigenvalue weighted by molar-refractivity contribution is 5.87. The van der Waals surface area contributed by atoms with Crippen LogP contribution in [0.15, 0.2) is 12.3 Å². The summed E-state index contributed by atoms with van der Waals surface area (Å²) in [5.41, 5.74) is 1.83. The number of esters is 1. The molecule has 1 rings (SSSR count). The summed E-state index contributed by atoms with van der Waals surface area (Å²) in [5.74, 6) is -0.323. The molecule has 0 fully saturated rings. The summed E-state index contributed by atoms with van der Waals surface area (Å²) < 4.78 is 6.47. The lowest BCUT2D eigenvalue weighted by Gasteiger charge is -1.93. The summed E-state index contributed by atoms with van der Waals surface area (Å²) in [6.07, 6.45) is 4.97. The topological polar surface area (TPSA) is 44.1 Å². The molecule has 0 aliphatic rings. The molecule has 0 aliphatic carbocycles. The number of hydrogen-bond acceptors (Lipinski definition) is 3. The smallest absolute Gasteiger partial charge is 0.330 e. The van der Waals surface area contributed by atoms with E-state index in [9.17, 15) is 4.79 Å². The average molecular weight is 194 g/mol. The minimum absolute atomic E-state index is 0.323. The Labute approximate surface area is 83.2 Å². The Bertz CT molecular complexity index is 353. The number of carbonyl (C=O) groups is 1. The zero-order chi connectivity index (χ0) is 10.6. The third-order valence-electron chi connectivity index (χ3n) is 1.74. The van der Waals surface area contributed by atoms with Crippen LogP contribution < -0.4 is 0 Å².